The van der Waals surface area contributed by atoms with E-state index in [1.807, 2.05) is 52.8 Å². The number of hydrogen-bond donors (Lipinski definition) is 1. The summed E-state index contributed by atoms with van der Waals surface area (Å²) in [7, 11) is 3.56. The third kappa shape index (κ3) is 2.82. The molecule has 0 aromatic carbocycles. The van der Waals surface area contributed by atoms with E-state index < -0.39 is 7.12 Å². The SMILES string of the molecule is CN(C)Cc1ncc(B2OC(C)(C)C(C)(C)O2)cc1N. The topological polar surface area (TPSA) is 60.6 Å². The number of nitrogens with zero attached hydrogens (tertiary/aromatic N) is 2. The fraction of sp³-hybridized carbons (Fsp3) is 0.643. The van der Waals surface area contributed by atoms with Crippen molar-refractivity contribution in [1.29, 1.82) is 0 Å². The summed E-state index contributed by atoms with van der Waals surface area (Å²) in [5.41, 5.74) is 7.77. The highest BCUT2D eigenvalue weighted by atomic mass is 16.7. The Morgan fingerprint density at radius 1 is 1.20 bits per heavy atom. The van der Waals surface area contributed by atoms with Crippen LogP contribution in [0.4, 0.5) is 5.69 Å². The zero-order chi connectivity index (χ0) is 15.1. The van der Waals surface area contributed by atoms with Crippen LogP contribution >= 0.6 is 0 Å². The normalized spacial score (nSPS) is 20.6. The first-order valence-corrected chi connectivity index (χ1v) is 6.87. The van der Waals surface area contributed by atoms with Gasteiger partial charge in [-0.1, -0.05) is 0 Å². The van der Waals surface area contributed by atoms with Crippen LogP contribution in [0.5, 0.6) is 0 Å². The number of rotatable bonds is 3. The fourth-order valence-electron chi connectivity index (χ4n) is 2.07. The van der Waals surface area contributed by atoms with Crippen LogP contribution in [-0.4, -0.2) is 42.3 Å². The van der Waals surface area contributed by atoms with Gasteiger partial charge < -0.3 is 19.9 Å². The van der Waals surface area contributed by atoms with E-state index >= 15 is 0 Å². The lowest BCUT2D eigenvalue weighted by molar-refractivity contribution is 0.00578. The second-order valence-corrected chi connectivity index (χ2v) is 6.63. The van der Waals surface area contributed by atoms with E-state index in [4.69, 9.17) is 15.0 Å². The highest BCUT2D eigenvalue weighted by Gasteiger charge is 2.51. The fourth-order valence-corrected chi connectivity index (χ4v) is 2.07. The molecule has 1 aromatic heterocycles. The smallest absolute Gasteiger partial charge is 0.399 e. The van der Waals surface area contributed by atoms with Gasteiger partial charge in [0.05, 0.1) is 22.6 Å². The minimum atomic E-state index is -0.414. The predicted molar refractivity (Wildman–Crippen MR) is 81.8 cm³/mol. The van der Waals surface area contributed by atoms with E-state index in [-0.39, 0.29) is 11.2 Å². The summed E-state index contributed by atoms with van der Waals surface area (Å²) in [5.74, 6) is 0. The second-order valence-electron chi connectivity index (χ2n) is 6.63. The Hall–Kier alpha value is -1.11. The summed E-state index contributed by atoms with van der Waals surface area (Å²) in [4.78, 5) is 6.47. The molecule has 0 aliphatic carbocycles. The van der Waals surface area contributed by atoms with Gasteiger partial charge >= 0.3 is 7.12 Å². The highest BCUT2D eigenvalue weighted by Crippen LogP contribution is 2.36. The molecule has 2 rings (SSSR count). The zero-order valence-electron chi connectivity index (χ0n) is 13.2. The molecule has 1 aliphatic heterocycles. The molecule has 0 unspecified atom stereocenters. The van der Waals surface area contributed by atoms with Crippen molar-refractivity contribution < 1.29 is 9.31 Å². The second kappa shape index (κ2) is 5.02. The first kappa shape index (κ1) is 15.3. The van der Waals surface area contributed by atoms with Gasteiger partial charge in [-0.15, -0.1) is 0 Å². The molecule has 1 saturated heterocycles. The van der Waals surface area contributed by atoms with Crippen molar-refractivity contribution in [2.45, 2.75) is 45.4 Å². The minimum Gasteiger partial charge on any atom is -0.399 e. The summed E-state index contributed by atoms with van der Waals surface area (Å²) in [6.45, 7) is 8.85. The summed E-state index contributed by atoms with van der Waals surface area (Å²) in [6.07, 6.45) is 1.79. The van der Waals surface area contributed by atoms with Gasteiger partial charge in [0, 0.05) is 18.2 Å². The standard InChI is InChI=1S/C14H24BN3O2/c1-13(2)14(3,4)20-15(19-13)10-7-11(16)12(17-8-10)9-18(5)6/h7-8H,9,16H2,1-6H3. The van der Waals surface area contributed by atoms with Gasteiger partial charge in [0.1, 0.15) is 0 Å². The van der Waals surface area contributed by atoms with Crippen LogP contribution in [0.25, 0.3) is 0 Å². The molecule has 0 bridgehead atoms. The van der Waals surface area contributed by atoms with Gasteiger partial charge in [0.25, 0.3) is 0 Å². The zero-order valence-corrected chi connectivity index (χ0v) is 13.2. The molecule has 1 fully saturated rings. The molecular weight excluding hydrogens is 253 g/mol. The van der Waals surface area contributed by atoms with E-state index in [0.29, 0.717) is 5.69 Å². The lowest BCUT2D eigenvalue weighted by Gasteiger charge is -2.32. The van der Waals surface area contributed by atoms with E-state index in [1.165, 1.54) is 0 Å². The lowest BCUT2D eigenvalue weighted by atomic mass is 9.80. The number of nitrogens with two attached hydrogens (primary N) is 1. The summed E-state index contributed by atoms with van der Waals surface area (Å²) in [6, 6.07) is 1.90. The molecule has 110 valence electrons. The monoisotopic (exact) mass is 277 g/mol. The third-order valence-electron chi connectivity index (χ3n) is 4.02. The molecule has 1 aliphatic rings. The van der Waals surface area contributed by atoms with Gasteiger partial charge in [-0.2, -0.15) is 0 Å². The van der Waals surface area contributed by atoms with Gasteiger partial charge in [0.15, 0.2) is 0 Å². The van der Waals surface area contributed by atoms with Crippen molar-refractivity contribution in [2.24, 2.45) is 0 Å². The predicted octanol–water partition coefficient (Wildman–Crippen LogP) is 1.02. The molecule has 0 atom stereocenters. The maximum Gasteiger partial charge on any atom is 0.496 e. The largest absolute Gasteiger partial charge is 0.496 e. The quantitative estimate of drug-likeness (QED) is 0.836. The van der Waals surface area contributed by atoms with Crippen molar-refractivity contribution in [3.05, 3.63) is 18.0 Å². The van der Waals surface area contributed by atoms with Crippen LogP contribution in [0.15, 0.2) is 12.3 Å². The van der Waals surface area contributed by atoms with Crippen LogP contribution < -0.4 is 11.2 Å². The molecule has 6 heteroatoms. The molecule has 0 saturated carbocycles. The van der Waals surface area contributed by atoms with Crippen LogP contribution in [0.1, 0.15) is 33.4 Å². The van der Waals surface area contributed by atoms with E-state index in [2.05, 4.69) is 4.98 Å². The molecule has 20 heavy (non-hydrogen) atoms. The maximum absolute atomic E-state index is 6.07. The van der Waals surface area contributed by atoms with E-state index in [9.17, 15) is 0 Å². The van der Waals surface area contributed by atoms with Crippen molar-refractivity contribution in [3.8, 4) is 0 Å². The Labute approximate surface area is 121 Å². The third-order valence-corrected chi connectivity index (χ3v) is 4.02. The first-order valence-electron chi connectivity index (χ1n) is 6.87. The van der Waals surface area contributed by atoms with Gasteiger partial charge in [-0.05, 0) is 47.9 Å². The van der Waals surface area contributed by atoms with Gasteiger partial charge in [0.2, 0.25) is 0 Å². The van der Waals surface area contributed by atoms with Crippen LogP contribution in [-0.2, 0) is 15.9 Å². The Morgan fingerprint density at radius 2 is 1.75 bits per heavy atom. The average molecular weight is 277 g/mol. The molecule has 0 spiro atoms. The number of aromatic nitrogens is 1. The summed E-state index contributed by atoms with van der Waals surface area (Å²) < 4.78 is 12.0. The number of nitrogen functional groups attached to an aromatic ring is 1. The van der Waals surface area contributed by atoms with Crippen molar-refractivity contribution in [1.82, 2.24) is 9.88 Å². The first-order chi connectivity index (χ1) is 9.12. The molecule has 0 amide bonds. The lowest BCUT2D eigenvalue weighted by Crippen LogP contribution is -2.41. The molecule has 5 nitrogen and oxygen atoms in total. The van der Waals surface area contributed by atoms with E-state index in [1.54, 1.807) is 6.20 Å². The van der Waals surface area contributed by atoms with Crippen LogP contribution in [0, 0.1) is 0 Å². The molecular formula is C14H24BN3O2. The summed E-state index contributed by atoms with van der Waals surface area (Å²) >= 11 is 0. The van der Waals surface area contributed by atoms with Gasteiger partial charge in [-0.25, -0.2) is 0 Å². The Morgan fingerprint density at radius 3 is 2.20 bits per heavy atom. The van der Waals surface area contributed by atoms with Crippen molar-refractivity contribution in [2.75, 3.05) is 19.8 Å². The van der Waals surface area contributed by atoms with E-state index in [0.717, 1.165) is 17.7 Å². The Kier molecular flexibility index (Phi) is 3.84. The van der Waals surface area contributed by atoms with Crippen LogP contribution in [0.3, 0.4) is 0 Å². The molecule has 0 radical (unpaired) electrons. The Balaban J connectivity index is 2.22. The van der Waals surface area contributed by atoms with Crippen molar-refractivity contribution >= 4 is 18.3 Å². The maximum atomic E-state index is 6.07. The molecule has 2 N–H and O–H groups in total. The number of anilines is 1. The van der Waals surface area contributed by atoms with Gasteiger partial charge in [-0.3, -0.25) is 4.98 Å². The Bertz CT molecular complexity index is 487. The van der Waals surface area contributed by atoms with Crippen LogP contribution in [0.2, 0.25) is 0 Å². The van der Waals surface area contributed by atoms with Crippen molar-refractivity contribution in [3.63, 3.8) is 0 Å². The number of pyridine rings is 1. The minimum absolute atomic E-state index is 0.352. The molecule has 1 aromatic rings. The summed E-state index contributed by atoms with van der Waals surface area (Å²) in [5, 5.41) is 0. The number of hydrogen-bond acceptors (Lipinski definition) is 5. The average Bonchev–Trinajstić information content (AvgIpc) is 2.50. The molecule has 2 heterocycles. The highest BCUT2D eigenvalue weighted by molar-refractivity contribution is 6.62.